The summed E-state index contributed by atoms with van der Waals surface area (Å²) in [6, 6.07) is 14.7. The molecule has 0 aliphatic carbocycles. The molecule has 2 aromatic carbocycles. The first-order valence-electron chi connectivity index (χ1n) is 10.7. The molecular weight excluding hydrogens is 535 g/mol. The zero-order valence-electron chi connectivity index (χ0n) is 18.5. The molecule has 4 rings (SSSR count). The number of aliphatic hydroxyl groups is 1. The average Bonchev–Trinajstić information content (AvgIpc) is 3.37. The number of thioether (sulfide) groups is 1. The number of hydrogen-bond acceptors (Lipinski definition) is 7. The maximum Gasteiger partial charge on any atom is 0.276 e. The SMILES string of the molecule is CC1C(CSc2ncn[nH]2)OC(c2ccc(NC(=O)C(Cl)(Cl)Cl)cc2)OC1c1ccc(CO)cc1. The Morgan fingerprint density at radius 3 is 2.40 bits per heavy atom. The van der Waals surface area contributed by atoms with Crippen LogP contribution in [0.5, 0.6) is 0 Å². The van der Waals surface area contributed by atoms with E-state index in [9.17, 15) is 9.90 Å². The number of aromatic amines is 1. The molecule has 1 aromatic heterocycles. The molecule has 3 aromatic rings. The van der Waals surface area contributed by atoms with Gasteiger partial charge in [-0.15, -0.1) is 0 Å². The first-order chi connectivity index (χ1) is 16.7. The van der Waals surface area contributed by atoms with Crippen molar-refractivity contribution in [2.45, 2.75) is 41.0 Å². The molecule has 1 aliphatic rings. The van der Waals surface area contributed by atoms with Crippen molar-refractivity contribution >= 4 is 58.2 Å². The third kappa shape index (κ3) is 6.68. The first-order valence-corrected chi connectivity index (χ1v) is 12.8. The second kappa shape index (κ2) is 11.5. The minimum absolute atomic E-state index is 0.0231. The van der Waals surface area contributed by atoms with Crippen LogP contribution in [0.3, 0.4) is 0 Å². The Morgan fingerprint density at radius 2 is 1.80 bits per heavy atom. The number of anilines is 1. The van der Waals surface area contributed by atoms with Gasteiger partial charge < -0.3 is 19.9 Å². The van der Waals surface area contributed by atoms with E-state index in [1.165, 1.54) is 18.1 Å². The fourth-order valence-corrected chi connectivity index (χ4v) is 4.75. The van der Waals surface area contributed by atoms with Crippen molar-refractivity contribution in [1.29, 1.82) is 0 Å². The number of alkyl halides is 3. The number of carbonyl (C=O) groups excluding carboxylic acids is 1. The number of benzene rings is 2. The number of nitrogens with zero attached hydrogens (tertiary/aromatic N) is 2. The van der Waals surface area contributed by atoms with E-state index >= 15 is 0 Å². The summed E-state index contributed by atoms with van der Waals surface area (Å²) < 4.78 is 10.7. The van der Waals surface area contributed by atoms with E-state index < -0.39 is 16.0 Å². The third-order valence-electron chi connectivity index (χ3n) is 5.60. The molecule has 186 valence electrons. The Labute approximate surface area is 221 Å². The van der Waals surface area contributed by atoms with Gasteiger partial charge in [0.25, 0.3) is 9.70 Å². The second-order valence-corrected chi connectivity index (χ2v) is 11.3. The summed E-state index contributed by atoms with van der Waals surface area (Å²) in [6.07, 6.45) is 0.418. The maximum absolute atomic E-state index is 11.9. The van der Waals surface area contributed by atoms with Crippen molar-refractivity contribution in [3.05, 3.63) is 71.5 Å². The van der Waals surface area contributed by atoms with Crippen molar-refractivity contribution in [2.24, 2.45) is 5.92 Å². The Kier molecular flexibility index (Phi) is 8.59. The molecule has 1 amide bonds. The van der Waals surface area contributed by atoms with Gasteiger partial charge in [-0.2, -0.15) is 5.10 Å². The number of hydrogen-bond donors (Lipinski definition) is 3. The van der Waals surface area contributed by atoms with E-state index in [2.05, 4.69) is 27.4 Å². The highest BCUT2D eigenvalue weighted by Gasteiger charge is 2.38. The standard InChI is InChI=1S/C23H23Cl3N4O4S/c1-13-18(11-35-22-27-12-28-30-22)33-20(34-19(13)15-4-2-14(10-31)3-5-15)16-6-8-17(9-7-16)29-21(32)23(24,25)26/h2-9,12-13,18-20,31H,10-11H2,1H3,(H,29,32)(H,27,28,30). The summed E-state index contributed by atoms with van der Waals surface area (Å²) in [5.74, 6) is -0.0756. The third-order valence-corrected chi connectivity index (χ3v) is 7.08. The molecule has 1 fully saturated rings. The predicted octanol–water partition coefficient (Wildman–Crippen LogP) is 5.19. The van der Waals surface area contributed by atoms with Gasteiger partial charge >= 0.3 is 0 Å². The number of amides is 1. The molecule has 4 atom stereocenters. The van der Waals surface area contributed by atoms with Gasteiger partial charge in [0.2, 0.25) is 0 Å². The van der Waals surface area contributed by atoms with Crippen molar-refractivity contribution < 1.29 is 19.4 Å². The lowest BCUT2D eigenvalue weighted by Crippen LogP contribution is -2.38. The highest BCUT2D eigenvalue weighted by molar-refractivity contribution is 7.99. The lowest BCUT2D eigenvalue weighted by molar-refractivity contribution is -0.268. The van der Waals surface area contributed by atoms with Crippen LogP contribution in [-0.2, 0) is 20.9 Å². The van der Waals surface area contributed by atoms with E-state index in [-0.39, 0.29) is 24.7 Å². The van der Waals surface area contributed by atoms with Gasteiger partial charge in [-0.05, 0) is 23.3 Å². The zero-order valence-corrected chi connectivity index (χ0v) is 21.6. The lowest BCUT2D eigenvalue weighted by Gasteiger charge is -2.41. The van der Waals surface area contributed by atoms with Gasteiger partial charge in [0.05, 0.1) is 18.8 Å². The summed E-state index contributed by atoms with van der Waals surface area (Å²) in [5, 5.41) is 19.4. The van der Waals surface area contributed by atoms with Gasteiger partial charge in [-0.3, -0.25) is 9.89 Å². The van der Waals surface area contributed by atoms with Crippen LogP contribution in [0.4, 0.5) is 5.69 Å². The van der Waals surface area contributed by atoms with Crippen LogP contribution in [0.15, 0.2) is 60.0 Å². The van der Waals surface area contributed by atoms with Gasteiger partial charge in [0.15, 0.2) is 11.4 Å². The first kappa shape index (κ1) is 26.2. The molecule has 8 nitrogen and oxygen atoms in total. The van der Waals surface area contributed by atoms with E-state index in [1.54, 1.807) is 24.3 Å². The van der Waals surface area contributed by atoms with Crippen molar-refractivity contribution in [1.82, 2.24) is 15.2 Å². The molecular formula is C23H23Cl3N4O4S. The fraction of sp³-hybridized carbons (Fsp3) is 0.348. The molecule has 12 heteroatoms. The molecule has 3 N–H and O–H groups in total. The van der Waals surface area contributed by atoms with Crippen molar-refractivity contribution in [2.75, 3.05) is 11.1 Å². The van der Waals surface area contributed by atoms with Gasteiger partial charge in [-0.1, -0.05) is 89.9 Å². The number of carbonyl (C=O) groups is 1. The van der Waals surface area contributed by atoms with Crippen molar-refractivity contribution in [3.63, 3.8) is 0 Å². The van der Waals surface area contributed by atoms with Gasteiger partial charge in [-0.25, -0.2) is 4.98 Å². The number of ether oxygens (including phenoxy) is 2. The molecule has 1 aliphatic heterocycles. The van der Waals surface area contributed by atoms with E-state index in [0.29, 0.717) is 16.6 Å². The monoisotopic (exact) mass is 556 g/mol. The van der Waals surface area contributed by atoms with E-state index in [1.807, 2.05) is 24.3 Å². The Morgan fingerprint density at radius 1 is 1.11 bits per heavy atom. The Hall–Kier alpha value is -1.85. The highest BCUT2D eigenvalue weighted by Crippen LogP contribution is 2.43. The Balaban J connectivity index is 1.54. The lowest BCUT2D eigenvalue weighted by atomic mass is 9.91. The molecule has 2 heterocycles. The number of rotatable bonds is 7. The summed E-state index contributed by atoms with van der Waals surface area (Å²) in [4.78, 5) is 16.1. The topological polar surface area (TPSA) is 109 Å². The molecule has 35 heavy (non-hydrogen) atoms. The van der Waals surface area contributed by atoms with Crippen LogP contribution in [-0.4, -0.2) is 41.8 Å². The highest BCUT2D eigenvalue weighted by atomic mass is 35.6. The molecule has 0 spiro atoms. The van der Waals surface area contributed by atoms with Crippen LogP contribution in [0, 0.1) is 5.92 Å². The maximum atomic E-state index is 11.9. The number of H-pyrrole nitrogens is 1. The van der Waals surface area contributed by atoms with Crippen molar-refractivity contribution in [3.8, 4) is 0 Å². The summed E-state index contributed by atoms with van der Waals surface area (Å²) >= 11 is 18.4. The minimum atomic E-state index is -2.06. The molecule has 0 radical (unpaired) electrons. The van der Waals surface area contributed by atoms with E-state index in [4.69, 9.17) is 44.3 Å². The number of aromatic nitrogens is 3. The Bertz CT molecular complexity index is 1110. The van der Waals surface area contributed by atoms with Crippen LogP contribution in [0.1, 0.15) is 36.0 Å². The van der Waals surface area contributed by atoms with Crippen LogP contribution in [0.25, 0.3) is 0 Å². The molecule has 4 unspecified atom stereocenters. The van der Waals surface area contributed by atoms with Gasteiger partial charge in [0, 0.05) is 22.9 Å². The fourth-order valence-electron chi connectivity index (χ4n) is 3.66. The zero-order chi connectivity index (χ0) is 25.0. The number of halogens is 3. The average molecular weight is 558 g/mol. The molecule has 0 bridgehead atoms. The van der Waals surface area contributed by atoms with Crippen LogP contribution >= 0.6 is 46.6 Å². The van der Waals surface area contributed by atoms with Crippen LogP contribution < -0.4 is 5.32 Å². The predicted molar refractivity (Wildman–Crippen MR) is 135 cm³/mol. The van der Waals surface area contributed by atoms with Crippen LogP contribution in [0.2, 0.25) is 0 Å². The smallest absolute Gasteiger partial charge is 0.276 e. The number of nitrogens with one attached hydrogen (secondary N) is 2. The summed E-state index contributed by atoms with van der Waals surface area (Å²) in [6.45, 7) is 2.06. The van der Waals surface area contributed by atoms with E-state index in [0.717, 1.165) is 16.7 Å². The minimum Gasteiger partial charge on any atom is -0.392 e. The number of aliphatic hydroxyl groups excluding tert-OH is 1. The molecule has 0 saturated carbocycles. The van der Waals surface area contributed by atoms with Gasteiger partial charge in [0.1, 0.15) is 6.33 Å². The molecule has 1 saturated heterocycles. The summed E-state index contributed by atoms with van der Waals surface area (Å²) in [7, 11) is 0. The largest absolute Gasteiger partial charge is 0.392 e. The second-order valence-electron chi connectivity index (χ2n) is 8.00. The summed E-state index contributed by atoms with van der Waals surface area (Å²) in [5.41, 5.74) is 3.07. The normalized spacial score (nSPS) is 22.7. The quantitative estimate of drug-likeness (QED) is 0.271.